The molecule has 11 N–H and O–H groups in total. The Balaban J connectivity index is 0.897. The van der Waals surface area contributed by atoms with Gasteiger partial charge >= 0.3 is 30.5 Å². The minimum absolute atomic E-state index is 0.123. The van der Waals surface area contributed by atoms with E-state index in [1.54, 1.807) is 182 Å². The molecule has 5 aliphatic rings. The lowest BCUT2D eigenvalue weighted by Gasteiger charge is -2.50. The fourth-order valence-corrected chi connectivity index (χ4v) is 12.0. The number of hydrogen-bond donors (Lipinski definition) is 11. The molecule has 4 saturated heterocycles. The van der Waals surface area contributed by atoms with Crippen molar-refractivity contribution < 1.29 is 116 Å². The third kappa shape index (κ3) is 19.1. The molecule has 4 heterocycles. The Hall–Kier alpha value is -8.89. The van der Waals surface area contributed by atoms with Crippen molar-refractivity contribution in [3.05, 3.63) is 215 Å². The molecule has 1 aliphatic carbocycles. The van der Waals surface area contributed by atoms with E-state index in [9.17, 15) is 54.6 Å². The molecular weight excluding hydrogens is 1290 g/mol. The van der Waals surface area contributed by atoms with Gasteiger partial charge in [0, 0.05) is 12.1 Å². The summed E-state index contributed by atoms with van der Waals surface area (Å²) in [5.41, 5.74) is 3.71. The summed E-state index contributed by atoms with van der Waals surface area (Å²) < 4.78 is 79.1. The second kappa shape index (κ2) is 34.7. The zero-order valence-corrected chi connectivity index (χ0v) is 53.3. The molecule has 4 aliphatic heterocycles. The smallest absolute Gasteiger partial charge is 0.407 e. The Morgan fingerprint density at radius 2 is 0.798 bits per heavy atom. The first-order valence-electron chi connectivity index (χ1n) is 32.2. The fourth-order valence-electron chi connectivity index (χ4n) is 12.0. The molecule has 528 valence electrons. The highest BCUT2D eigenvalue weighted by Gasteiger charge is 2.58. The number of nitrogens with one attached hydrogen (secondary N) is 5. The Bertz CT molecular complexity index is 3510. The molecule has 1 saturated carbocycles. The maximum absolute atomic E-state index is 14.2. The Kier molecular flexibility index (Phi) is 25.1. The molecule has 11 rings (SSSR count). The van der Waals surface area contributed by atoms with E-state index >= 15 is 0 Å². The van der Waals surface area contributed by atoms with E-state index in [4.69, 9.17) is 61.6 Å². The normalized spacial score (nSPS) is 30.2. The average Bonchev–Trinajstić information content (AvgIpc) is 1.62. The lowest BCUT2D eigenvalue weighted by Crippen LogP contribution is -2.71. The number of carbonyl (C=O) groups is 5. The van der Waals surface area contributed by atoms with Crippen molar-refractivity contribution in [1.82, 2.24) is 26.6 Å². The number of aliphatic hydroxyl groups excluding tert-OH is 6. The topological polar surface area (TPSA) is 387 Å². The SMILES string of the molecule is O=C(NCC1OC(OC2C(CO)OC(OC3C(O)C(NC(=O)OCc4ccccc4)CC(NC(=O)OCc4ccccc4)C3OC3OC4COC(c5ccccc5)OC4C(O)C3NC(=O)OCc3ccccc3)C2O)C(NC(=O)OCc2ccccc2)C(O)C1O)OCc1ccccc1. The molecule has 20 unspecified atom stereocenters. The monoisotopic (exact) mass is 1370 g/mol. The largest absolute Gasteiger partial charge is 0.445 e. The third-order valence-corrected chi connectivity index (χ3v) is 17.1. The van der Waals surface area contributed by atoms with Gasteiger partial charge in [-0.05, 0) is 34.2 Å². The number of fused-ring (bicyclic) bond motifs is 1. The van der Waals surface area contributed by atoms with Gasteiger partial charge in [0.2, 0.25) is 0 Å². The van der Waals surface area contributed by atoms with E-state index < -0.39 is 173 Å². The zero-order chi connectivity index (χ0) is 69.2. The number of alkyl carbamates (subject to hydrolysis) is 5. The maximum atomic E-state index is 14.2. The van der Waals surface area contributed by atoms with Gasteiger partial charge in [-0.25, -0.2) is 24.0 Å². The van der Waals surface area contributed by atoms with Crippen LogP contribution in [0.25, 0.3) is 0 Å². The minimum Gasteiger partial charge on any atom is -0.445 e. The Labute approximate surface area is 568 Å². The quantitative estimate of drug-likeness (QED) is 0.0384. The molecular formula is C70H79N5O24. The van der Waals surface area contributed by atoms with Crippen LogP contribution in [0.15, 0.2) is 182 Å². The molecule has 0 bridgehead atoms. The van der Waals surface area contributed by atoms with Crippen molar-refractivity contribution in [1.29, 1.82) is 0 Å². The van der Waals surface area contributed by atoms with E-state index in [0.717, 1.165) is 0 Å². The summed E-state index contributed by atoms with van der Waals surface area (Å²) in [5.74, 6) is 0. The molecule has 0 aromatic heterocycles. The van der Waals surface area contributed by atoms with Crippen LogP contribution in [0.3, 0.4) is 0 Å². The number of benzene rings is 6. The minimum atomic E-state index is -2.05. The number of amides is 5. The van der Waals surface area contributed by atoms with Crippen molar-refractivity contribution in [2.24, 2.45) is 0 Å². The summed E-state index contributed by atoms with van der Waals surface area (Å²) in [4.78, 5) is 68.6. The van der Waals surface area contributed by atoms with Crippen LogP contribution in [0.2, 0.25) is 0 Å². The highest BCUT2D eigenvalue weighted by Crippen LogP contribution is 2.39. The molecule has 99 heavy (non-hydrogen) atoms. The van der Waals surface area contributed by atoms with Crippen molar-refractivity contribution in [2.75, 3.05) is 19.8 Å². The van der Waals surface area contributed by atoms with Crippen LogP contribution in [-0.2, 0) is 94.6 Å². The second-order valence-corrected chi connectivity index (χ2v) is 24.0. The fraction of sp³-hybridized carbons (Fsp3) is 0.414. The van der Waals surface area contributed by atoms with Gasteiger partial charge in [-0.3, -0.25) is 0 Å². The number of ether oxygens (including phenoxy) is 13. The molecule has 29 nitrogen and oxygen atoms in total. The first-order valence-corrected chi connectivity index (χ1v) is 32.2. The molecule has 29 heteroatoms. The first kappa shape index (κ1) is 71.4. The third-order valence-electron chi connectivity index (χ3n) is 17.1. The van der Waals surface area contributed by atoms with Gasteiger partial charge in [-0.15, -0.1) is 0 Å². The molecule has 5 fully saturated rings. The Morgan fingerprint density at radius 3 is 1.28 bits per heavy atom. The number of aliphatic hydroxyl groups is 6. The van der Waals surface area contributed by atoms with E-state index in [2.05, 4.69) is 26.6 Å². The van der Waals surface area contributed by atoms with Gasteiger partial charge < -0.3 is 119 Å². The molecule has 20 atom stereocenters. The lowest BCUT2D eigenvalue weighted by molar-refractivity contribution is -0.358. The van der Waals surface area contributed by atoms with Gasteiger partial charge in [-0.1, -0.05) is 182 Å². The summed E-state index contributed by atoms with van der Waals surface area (Å²) in [7, 11) is 0. The van der Waals surface area contributed by atoms with Crippen LogP contribution in [0.4, 0.5) is 24.0 Å². The van der Waals surface area contributed by atoms with Crippen molar-refractivity contribution >= 4 is 30.5 Å². The summed E-state index contributed by atoms with van der Waals surface area (Å²) in [5, 5.41) is 85.3. The average molecular weight is 1370 g/mol. The second-order valence-electron chi connectivity index (χ2n) is 24.0. The van der Waals surface area contributed by atoms with Crippen LogP contribution in [0.1, 0.15) is 46.1 Å². The van der Waals surface area contributed by atoms with Gasteiger partial charge in [0.25, 0.3) is 0 Å². The standard InChI is InChI=1S/C70H79N5O24/c76-33-49-59(98-63-51(74-69(85)91-37-43-25-13-4-14-26-43)55(79)54(78)48(93-63)32-71-66(82)88-34-40-19-7-1-8-20-40)57(81)65(94-49)99-61-53(77)46(72-67(83)89-35-41-21-9-2-10-22-41)31-47(73-68(84)90-36-42-23-11-3-12-24-42)58(61)96-64-52(75-70(86)92-38-44-27-15-5-16-28-44)56(80)60-50(95-64)39-87-62(97-60)45-29-17-6-18-30-45/h1-30,46-65,76-81H,31-39H2,(H,71,82)(H,72,83)(H,73,84)(H,74,85)(H,75,86). The highest BCUT2D eigenvalue weighted by atomic mass is 16.8. The summed E-state index contributed by atoms with van der Waals surface area (Å²) >= 11 is 0. The van der Waals surface area contributed by atoms with Crippen molar-refractivity contribution in [3.63, 3.8) is 0 Å². The molecule has 6 aromatic carbocycles. The number of carbonyl (C=O) groups excluding carboxylic acids is 5. The van der Waals surface area contributed by atoms with Crippen LogP contribution < -0.4 is 26.6 Å². The van der Waals surface area contributed by atoms with Crippen LogP contribution >= 0.6 is 0 Å². The van der Waals surface area contributed by atoms with Crippen LogP contribution in [0, 0.1) is 0 Å². The molecule has 0 spiro atoms. The number of hydrogen-bond acceptors (Lipinski definition) is 24. The predicted molar refractivity (Wildman–Crippen MR) is 341 cm³/mol. The summed E-state index contributed by atoms with van der Waals surface area (Å²) in [6.45, 7) is -2.67. The van der Waals surface area contributed by atoms with E-state index in [1.165, 1.54) is 0 Å². The van der Waals surface area contributed by atoms with Gasteiger partial charge in [0.15, 0.2) is 25.2 Å². The van der Waals surface area contributed by atoms with Crippen LogP contribution in [-0.4, -0.2) is 197 Å². The van der Waals surface area contributed by atoms with Gasteiger partial charge in [0.05, 0.1) is 25.3 Å². The van der Waals surface area contributed by atoms with Gasteiger partial charge in [-0.2, -0.15) is 0 Å². The van der Waals surface area contributed by atoms with Gasteiger partial charge in [0.1, 0.15) is 118 Å². The Morgan fingerprint density at radius 1 is 0.394 bits per heavy atom. The molecule has 6 aromatic rings. The van der Waals surface area contributed by atoms with Crippen molar-refractivity contribution in [3.8, 4) is 0 Å². The first-order chi connectivity index (χ1) is 48.1. The summed E-state index contributed by atoms with van der Waals surface area (Å²) in [6, 6.07) is 46.1. The van der Waals surface area contributed by atoms with E-state index in [-0.39, 0.29) is 39.6 Å². The van der Waals surface area contributed by atoms with E-state index in [1.807, 2.05) is 0 Å². The lowest BCUT2D eigenvalue weighted by atomic mass is 9.83. The predicted octanol–water partition coefficient (Wildman–Crippen LogP) is 3.74. The maximum Gasteiger partial charge on any atom is 0.407 e. The zero-order valence-electron chi connectivity index (χ0n) is 53.3. The number of rotatable bonds is 24. The van der Waals surface area contributed by atoms with E-state index in [0.29, 0.717) is 33.4 Å². The van der Waals surface area contributed by atoms with Crippen LogP contribution in [0.5, 0.6) is 0 Å². The highest BCUT2D eigenvalue weighted by molar-refractivity contribution is 5.70. The molecule has 0 radical (unpaired) electrons. The molecule has 5 amide bonds. The van der Waals surface area contributed by atoms with Crippen molar-refractivity contribution in [2.45, 2.75) is 162 Å². The summed E-state index contributed by atoms with van der Waals surface area (Å²) in [6.07, 6.45) is -32.6.